The normalized spacial score (nSPS) is 15.7. The van der Waals surface area contributed by atoms with Gasteiger partial charge in [-0.25, -0.2) is 13.2 Å². The first-order chi connectivity index (χ1) is 17.5. The van der Waals surface area contributed by atoms with E-state index in [9.17, 15) is 13.2 Å². The number of halogens is 3. The Morgan fingerprint density at radius 3 is 2.17 bits per heavy atom. The number of rotatable bonds is 10. The van der Waals surface area contributed by atoms with Crippen LogP contribution in [0.15, 0.2) is 60.7 Å². The molecule has 1 aliphatic rings. The second-order valence-corrected chi connectivity index (χ2v) is 10.2. The third-order valence-corrected chi connectivity index (χ3v) is 7.51. The Balaban J connectivity index is 1.36. The fourth-order valence-corrected chi connectivity index (χ4v) is 5.26. The summed E-state index contributed by atoms with van der Waals surface area (Å²) in [4.78, 5) is 0. The van der Waals surface area contributed by atoms with E-state index in [1.807, 2.05) is 36.4 Å². The third-order valence-electron chi connectivity index (χ3n) is 7.51. The molecule has 3 aromatic rings. The Hall–Kier alpha value is -2.81. The lowest BCUT2D eigenvalue weighted by Gasteiger charge is -2.23. The molecule has 0 nitrogen and oxygen atoms in total. The molecule has 1 unspecified atom stereocenters. The smallest absolute Gasteiger partial charge is 0.166 e. The van der Waals surface area contributed by atoms with Gasteiger partial charge < -0.3 is 0 Å². The van der Waals surface area contributed by atoms with Crippen LogP contribution in [0.1, 0.15) is 81.0 Å². The highest BCUT2D eigenvalue weighted by atomic mass is 19.2. The molecule has 3 aromatic carbocycles. The molecule has 0 saturated heterocycles. The van der Waals surface area contributed by atoms with Gasteiger partial charge in [-0.3, -0.25) is 0 Å². The summed E-state index contributed by atoms with van der Waals surface area (Å²) < 4.78 is 44.5. The standard InChI is InChI=1S/C33H37F3/c1-3-5-7-25-13-20-29(31(34)22-25)26-14-10-24(11-15-26)12-18-28-19-21-30(33(36)32(28)35)27-16-8-23(6-4-2)9-17-27/h8-9,13-14,16-17,19-22,24H,3-7,10-12,15,18H2,1-2H3. The number of benzene rings is 3. The molecule has 0 radical (unpaired) electrons. The van der Waals surface area contributed by atoms with Gasteiger partial charge in [0.25, 0.3) is 0 Å². The van der Waals surface area contributed by atoms with E-state index in [1.165, 1.54) is 5.56 Å². The molecule has 0 saturated carbocycles. The molecule has 3 heteroatoms. The molecule has 36 heavy (non-hydrogen) atoms. The molecule has 0 heterocycles. The van der Waals surface area contributed by atoms with Crippen LogP contribution in [-0.4, -0.2) is 0 Å². The van der Waals surface area contributed by atoms with Gasteiger partial charge in [0.05, 0.1) is 0 Å². The van der Waals surface area contributed by atoms with Gasteiger partial charge in [-0.15, -0.1) is 0 Å². The summed E-state index contributed by atoms with van der Waals surface area (Å²) in [6.07, 6.45) is 11.2. The molecule has 0 amide bonds. The van der Waals surface area contributed by atoms with Crippen LogP contribution in [0.25, 0.3) is 16.7 Å². The minimum Gasteiger partial charge on any atom is -0.206 e. The molecule has 1 aliphatic carbocycles. The maximum atomic E-state index is 14.9. The van der Waals surface area contributed by atoms with E-state index >= 15 is 0 Å². The second-order valence-electron chi connectivity index (χ2n) is 10.2. The summed E-state index contributed by atoms with van der Waals surface area (Å²) >= 11 is 0. The summed E-state index contributed by atoms with van der Waals surface area (Å²) in [6, 6.07) is 16.8. The first kappa shape index (κ1) is 26.3. The number of hydrogen-bond donors (Lipinski definition) is 0. The van der Waals surface area contributed by atoms with Crippen molar-refractivity contribution < 1.29 is 13.2 Å². The Labute approximate surface area is 214 Å². The average molecular weight is 491 g/mol. The topological polar surface area (TPSA) is 0 Å². The van der Waals surface area contributed by atoms with E-state index in [4.69, 9.17) is 0 Å². The van der Waals surface area contributed by atoms with Crippen LogP contribution in [-0.2, 0) is 19.3 Å². The van der Waals surface area contributed by atoms with Crippen LogP contribution < -0.4 is 0 Å². The van der Waals surface area contributed by atoms with Crippen LogP contribution in [0.2, 0.25) is 0 Å². The van der Waals surface area contributed by atoms with Gasteiger partial charge >= 0.3 is 0 Å². The zero-order valence-corrected chi connectivity index (χ0v) is 21.6. The molecule has 0 fully saturated rings. The van der Waals surface area contributed by atoms with Crippen molar-refractivity contribution >= 4 is 5.57 Å². The van der Waals surface area contributed by atoms with Crippen LogP contribution >= 0.6 is 0 Å². The highest BCUT2D eigenvalue weighted by Gasteiger charge is 2.20. The largest absolute Gasteiger partial charge is 0.206 e. The number of hydrogen-bond acceptors (Lipinski definition) is 0. The zero-order valence-electron chi connectivity index (χ0n) is 21.6. The van der Waals surface area contributed by atoms with Gasteiger partial charge in [0, 0.05) is 11.1 Å². The minimum absolute atomic E-state index is 0.133. The summed E-state index contributed by atoms with van der Waals surface area (Å²) in [6.45, 7) is 4.26. The van der Waals surface area contributed by atoms with E-state index in [0.29, 0.717) is 34.6 Å². The highest BCUT2D eigenvalue weighted by Crippen LogP contribution is 2.35. The van der Waals surface area contributed by atoms with Crippen LogP contribution in [0, 0.1) is 23.4 Å². The SMILES string of the molecule is CCCCc1ccc(C2=CCC(CCc3ccc(-c4ccc(CCC)cc4)c(F)c3F)CC2)c(F)c1. The molecule has 0 bridgehead atoms. The van der Waals surface area contributed by atoms with Gasteiger partial charge in [-0.2, -0.15) is 0 Å². The van der Waals surface area contributed by atoms with Crippen molar-refractivity contribution in [2.75, 3.05) is 0 Å². The molecular weight excluding hydrogens is 453 g/mol. The lowest BCUT2D eigenvalue weighted by molar-refractivity contribution is 0.439. The fourth-order valence-electron chi connectivity index (χ4n) is 5.26. The second kappa shape index (κ2) is 12.4. The average Bonchev–Trinajstić information content (AvgIpc) is 2.90. The van der Waals surface area contributed by atoms with Crippen molar-refractivity contribution in [2.45, 2.75) is 78.1 Å². The van der Waals surface area contributed by atoms with Crippen molar-refractivity contribution in [3.8, 4) is 11.1 Å². The molecule has 0 aliphatic heterocycles. The summed E-state index contributed by atoms with van der Waals surface area (Å²) in [5, 5.41) is 0. The number of aryl methyl sites for hydroxylation is 3. The molecule has 190 valence electrons. The lowest BCUT2D eigenvalue weighted by atomic mass is 9.83. The van der Waals surface area contributed by atoms with Gasteiger partial charge in [0.15, 0.2) is 11.6 Å². The highest BCUT2D eigenvalue weighted by molar-refractivity contribution is 5.67. The van der Waals surface area contributed by atoms with E-state index in [1.54, 1.807) is 18.2 Å². The molecule has 0 aromatic heterocycles. The zero-order chi connectivity index (χ0) is 25.5. The first-order valence-electron chi connectivity index (χ1n) is 13.5. The molecule has 1 atom stereocenters. The van der Waals surface area contributed by atoms with Crippen molar-refractivity contribution in [2.24, 2.45) is 5.92 Å². The van der Waals surface area contributed by atoms with Gasteiger partial charge in [0.1, 0.15) is 5.82 Å². The molecule has 0 spiro atoms. The van der Waals surface area contributed by atoms with Gasteiger partial charge in [0.2, 0.25) is 0 Å². The summed E-state index contributed by atoms with van der Waals surface area (Å²) in [5.74, 6) is -1.23. The van der Waals surface area contributed by atoms with E-state index in [2.05, 4.69) is 19.9 Å². The monoisotopic (exact) mass is 490 g/mol. The Morgan fingerprint density at radius 1 is 0.750 bits per heavy atom. The third kappa shape index (κ3) is 6.30. The van der Waals surface area contributed by atoms with Crippen LogP contribution in [0.4, 0.5) is 13.2 Å². The quantitative estimate of drug-likeness (QED) is 0.265. The van der Waals surface area contributed by atoms with Crippen molar-refractivity contribution in [1.82, 2.24) is 0 Å². The number of unbranched alkanes of at least 4 members (excludes halogenated alkanes) is 1. The summed E-state index contributed by atoms with van der Waals surface area (Å²) in [7, 11) is 0. The van der Waals surface area contributed by atoms with E-state index < -0.39 is 11.6 Å². The van der Waals surface area contributed by atoms with Crippen molar-refractivity contribution in [3.05, 3.63) is 100 Å². The fraction of sp³-hybridized carbons (Fsp3) is 0.394. The van der Waals surface area contributed by atoms with E-state index in [-0.39, 0.29) is 5.82 Å². The van der Waals surface area contributed by atoms with Crippen molar-refractivity contribution in [1.29, 1.82) is 0 Å². The van der Waals surface area contributed by atoms with E-state index in [0.717, 1.165) is 68.9 Å². The molecule has 4 rings (SSSR count). The van der Waals surface area contributed by atoms with Gasteiger partial charge in [-0.05, 0) is 91.2 Å². The predicted molar refractivity (Wildman–Crippen MR) is 144 cm³/mol. The van der Waals surface area contributed by atoms with Crippen molar-refractivity contribution in [3.63, 3.8) is 0 Å². The Morgan fingerprint density at radius 2 is 1.50 bits per heavy atom. The Bertz CT molecular complexity index is 1190. The summed E-state index contributed by atoms with van der Waals surface area (Å²) in [5.41, 5.74) is 5.48. The van der Waals surface area contributed by atoms with Gasteiger partial charge in [-0.1, -0.05) is 81.3 Å². The maximum absolute atomic E-state index is 14.9. The van der Waals surface area contributed by atoms with Crippen LogP contribution in [0.5, 0.6) is 0 Å². The maximum Gasteiger partial charge on any atom is 0.166 e. The van der Waals surface area contributed by atoms with Crippen LogP contribution in [0.3, 0.4) is 0 Å². The minimum atomic E-state index is -0.764. The Kier molecular flexibility index (Phi) is 9.07. The predicted octanol–water partition coefficient (Wildman–Crippen LogP) is 9.88. The molecular formula is C33H37F3. The first-order valence-corrected chi connectivity index (χ1v) is 13.5. The lowest BCUT2D eigenvalue weighted by Crippen LogP contribution is -2.08. The molecule has 0 N–H and O–H groups in total. The number of allylic oxidation sites excluding steroid dienone is 2.